The highest BCUT2D eigenvalue weighted by Crippen LogP contribution is 2.22. The minimum absolute atomic E-state index is 0.102. The Morgan fingerprint density at radius 3 is 2.94 bits per heavy atom. The molecule has 3 N–H and O–H groups in total. The predicted octanol–water partition coefficient (Wildman–Crippen LogP) is 2.84. The van der Waals surface area contributed by atoms with E-state index in [2.05, 4.69) is 30.6 Å². The first-order valence-electron chi connectivity index (χ1n) is 10.1. The molecule has 4 rings (SSSR count). The van der Waals surface area contributed by atoms with Crippen molar-refractivity contribution in [3.63, 3.8) is 0 Å². The van der Waals surface area contributed by atoms with Crippen molar-refractivity contribution >= 4 is 29.5 Å². The summed E-state index contributed by atoms with van der Waals surface area (Å²) in [6, 6.07) is 4.86. The minimum atomic E-state index is -0.804. The number of aryl methyl sites for hydroxylation is 1. The summed E-state index contributed by atoms with van der Waals surface area (Å²) in [5.74, 6) is 0.971. The third kappa shape index (κ3) is 5.69. The highest BCUT2D eigenvalue weighted by atomic mass is 35.5. The van der Waals surface area contributed by atoms with Crippen LogP contribution in [0.15, 0.2) is 36.7 Å². The molecule has 172 valence electrons. The van der Waals surface area contributed by atoms with Crippen molar-refractivity contribution in [2.24, 2.45) is 0 Å². The maximum Gasteiger partial charge on any atom is 0.426 e. The van der Waals surface area contributed by atoms with Crippen LogP contribution in [0.4, 0.5) is 21.0 Å². The SMILES string of the molecule is Cc1nccc(Nc2ncc3c(n2)CN(OC(=O)N[C@H](CO)c2ccc(F)c(Cl)c2)CC3)n1. The van der Waals surface area contributed by atoms with Gasteiger partial charge in [0.1, 0.15) is 17.5 Å². The van der Waals surface area contributed by atoms with Gasteiger partial charge in [0.2, 0.25) is 5.95 Å². The maximum absolute atomic E-state index is 13.4. The van der Waals surface area contributed by atoms with E-state index in [9.17, 15) is 14.3 Å². The number of aliphatic hydroxyl groups excluding tert-OH is 1. The molecule has 1 aliphatic heterocycles. The number of anilines is 2. The van der Waals surface area contributed by atoms with Crippen LogP contribution in [0.1, 0.15) is 28.7 Å². The molecule has 1 aliphatic rings. The van der Waals surface area contributed by atoms with E-state index in [1.54, 1.807) is 25.4 Å². The lowest BCUT2D eigenvalue weighted by atomic mass is 10.1. The van der Waals surface area contributed by atoms with Crippen LogP contribution in [0.25, 0.3) is 0 Å². The fraction of sp³-hybridized carbons (Fsp3) is 0.286. The summed E-state index contributed by atoms with van der Waals surface area (Å²) in [6.45, 7) is 2.08. The third-order valence-electron chi connectivity index (χ3n) is 4.96. The minimum Gasteiger partial charge on any atom is -0.394 e. The van der Waals surface area contributed by atoms with Crippen LogP contribution >= 0.6 is 11.6 Å². The molecule has 1 aromatic carbocycles. The zero-order valence-corrected chi connectivity index (χ0v) is 18.4. The molecule has 0 spiro atoms. The van der Waals surface area contributed by atoms with Crippen LogP contribution in [0.2, 0.25) is 5.02 Å². The Morgan fingerprint density at radius 2 is 2.18 bits per heavy atom. The quantitative estimate of drug-likeness (QED) is 0.495. The van der Waals surface area contributed by atoms with Crippen LogP contribution in [0, 0.1) is 12.7 Å². The number of hydroxylamine groups is 2. The van der Waals surface area contributed by atoms with E-state index in [0.717, 1.165) is 5.56 Å². The molecule has 10 nitrogen and oxygen atoms in total. The predicted molar refractivity (Wildman–Crippen MR) is 117 cm³/mol. The molecule has 12 heteroatoms. The Balaban J connectivity index is 1.38. The molecular formula is C21H21ClFN7O3. The van der Waals surface area contributed by atoms with E-state index in [-0.39, 0.29) is 11.6 Å². The molecular weight excluding hydrogens is 453 g/mol. The zero-order chi connectivity index (χ0) is 23.4. The van der Waals surface area contributed by atoms with Crippen LogP contribution in [0.3, 0.4) is 0 Å². The lowest BCUT2D eigenvalue weighted by molar-refractivity contribution is -0.113. The van der Waals surface area contributed by atoms with Gasteiger partial charge >= 0.3 is 6.09 Å². The first kappa shape index (κ1) is 22.8. The van der Waals surface area contributed by atoms with Gasteiger partial charge in [-0.3, -0.25) is 0 Å². The summed E-state index contributed by atoms with van der Waals surface area (Å²) in [6.07, 6.45) is 3.20. The molecule has 33 heavy (non-hydrogen) atoms. The summed E-state index contributed by atoms with van der Waals surface area (Å²) < 4.78 is 13.4. The smallest absolute Gasteiger partial charge is 0.394 e. The van der Waals surface area contributed by atoms with Crippen molar-refractivity contribution in [1.82, 2.24) is 30.3 Å². The summed E-state index contributed by atoms with van der Waals surface area (Å²) in [4.78, 5) is 34.9. The van der Waals surface area contributed by atoms with Gasteiger partial charge in [-0.25, -0.2) is 29.1 Å². The normalized spacial score (nSPS) is 14.3. The molecule has 0 saturated heterocycles. The summed E-state index contributed by atoms with van der Waals surface area (Å²) >= 11 is 5.79. The Labute approximate surface area is 193 Å². The summed E-state index contributed by atoms with van der Waals surface area (Å²) in [5, 5.41) is 16.6. The number of fused-ring (bicyclic) bond motifs is 1. The lowest BCUT2D eigenvalue weighted by Gasteiger charge is -2.27. The topological polar surface area (TPSA) is 125 Å². The molecule has 3 heterocycles. The fourth-order valence-corrected chi connectivity index (χ4v) is 3.50. The number of aliphatic hydroxyl groups is 1. The number of halogens is 2. The molecule has 2 aromatic heterocycles. The van der Waals surface area contributed by atoms with E-state index in [0.29, 0.717) is 41.8 Å². The van der Waals surface area contributed by atoms with Crippen molar-refractivity contribution in [1.29, 1.82) is 0 Å². The van der Waals surface area contributed by atoms with Crippen molar-refractivity contribution in [3.05, 3.63) is 70.1 Å². The van der Waals surface area contributed by atoms with Crippen LogP contribution in [-0.2, 0) is 17.8 Å². The van der Waals surface area contributed by atoms with Gasteiger partial charge in [-0.05, 0) is 42.7 Å². The molecule has 0 fully saturated rings. The number of nitrogens with zero attached hydrogens (tertiary/aromatic N) is 5. The maximum atomic E-state index is 13.4. The van der Waals surface area contributed by atoms with Gasteiger partial charge in [0.15, 0.2) is 0 Å². The largest absolute Gasteiger partial charge is 0.426 e. The van der Waals surface area contributed by atoms with Gasteiger partial charge in [-0.1, -0.05) is 17.7 Å². The second-order valence-electron chi connectivity index (χ2n) is 7.32. The van der Waals surface area contributed by atoms with E-state index in [1.807, 2.05) is 0 Å². The number of benzene rings is 1. The Bertz CT molecular complexity index is 1170. The van der Waals surface area contributed by atoms with E-state index < -0.39 is 24.6 Å². The number of hydrogen-bond acceptors (Lipinski definition) is 9. The summed E-state index contributed by atoms with van der Waals surface area (Å²) in [5.41, 5.74) is 2.11. The van der Waals surface area contributed by atoms with Crippen LogP contribution in [-0.4, -0.2) is 49.4 Å². The number of amides is 1. The molecule has 0 radical (unpaired) electrons. The number of carbonyl (C=O) groups excluding carboxylic acids is 1. The van der Waals surface area contributed by atoms with Gasteiger partial charge in [0, 0.05) is 18.9 Å². The monoisotopic (exact) mass is 473 g/mol. The number of hydrogen-bond donors (Lipinski definition) is 3. The molecule has 3 aromatic rings. The second kappa shape index (κ2) is 10.0. The van der Waals surface area contributed by atoms with E-state index >= 15 is 0 Å². The molecule has 1 amide bonds. The van der Waals surface area contributed by atoms with E-state index in [4.69, 9.17) is 16.4 Å². The zero-order valence-electron chi connectivity index (χ0n) is 17.6. The highest BCUT2D eigenvalue weighted by Gasteiger charge is 2.23. The van der Waals surface area contributed by atoms with Gasteiger partial charge in [0.05, 0.1) is 29.9 Å². The average Bonchev–Trinajstić information content (AvgIpc) is 2.79. The van der Waals surface area contributed by atoms with Gasteiger partial charge in [-0.2, -0.15) is 0 Å². The standard InChI is InChI=1S/C21H21ClFN7O3/c1-12-24-6-4-19(26-12)29-20-25-9-14-5-7-30(10-17(14)27-20)33-21(32)28-18(11-31)13-2-3-16(23)15(22)8-13/h2-4,6,8-9,18,31H,5,7,10-11H2,1H3,(H,28,32)(H,24,25,26,27,29)/t18-/m1/s1. The molecule has 1 atom stereocenters. The van der Waals surface area contributed by atoms with Crippen molar-refractivity contribution in [2.75, 3.05) is 18.5 Å². The first-order chi connectivity index (χ1) is 15.9. The molecule has 0 saturated carbocycles. The van der Waals surface area contributed by atoms with Gasteiger partial charge < -0.3 is 20.6 Å². The van der Waals surface area contributed by atoms with Crippen LogP contribution < -0.4 is 10.6 Å². The third-order valence-corrected chi connectivity index (χ3v) is 5.25. The second-order valence-corrected chi connectivity index (χ2v) is 7.73. The fourth-order valence-electron chi connectivity index (χ4n) is 3.31. The molecule has 0 unspecified atom stereocenters. The van der Waals surface area contributed by atoms with Crippen molar-refractivity contribution in [2.45, 2.75) is 25.9 Å². The Kier molecular flexibility index (Phi) is 6.92. The number of nitrogens with one attached hydrogen (secondary N) is 2. The Morgan fingerprint density at radius 1 is 1.33 bits per heavy atom. The molecule has 0 bridgehead atoms. The van der Waals surface area contributed by atoms with Crippen LogP contribution in [0.5, 0.6) is 0 Å². The van der Waals surface area contributed by atoms with Gasteiger partial charge in [0.25, 0.3) is 0 Å². The average molecular weight is 474 g/mol. The number of rotatable bonds is 6. The Hall–Kier alpha value is -3.41. The van der Waals surface area contributed by atoms with Gasteiger partial charge in [-0.15, -0.1) is 5.06 Å². The van der Waals surface area contributed by atoms with E-state index in [1.165, 1.54) is 23.3 Å². The highest BCUT2D eigenvalue weighted by molar-refractivity contribution is 6.30. The lowest BCUT2D eigenvalue weighted by Crippen LogP contribution is -2.39. The summed E-state index contributed by atoms with van der Waals surface area (Å²) in [7, 11) is 0. The number of carbonyl (C=O) groups is 1. The number of aromatic nitrogens is 4. The first-order valence-corrected chi connectivity index (χ1v) is 10.5. The van der Waals surface area contributed by atoms with Crippen molar-refractivity contribution in [3.8, 4) is 0 Å². The molecule has 0 aliphatic carbocycles. The van der Waals surface area contributed by atoms with Crippen molar-refractivity contribution < 1.29 is 19.1 Å².